The van der Waals surface area contributed by atoms with Crippen LogP contribution in [0.5, 0.6) is 5.88 Å². The maximum absolute atomic E-state index is 10.9. The van der Waals surface area contributed by atoms with Gasteiger partial charge in [-0.15, -0.1) is 0 Å². The van der Waals surface area contributed by atoms with Gasteiger partial charge in [-0.05, 0) is 26.9 Å². The molecule has 1 N–H and O–H groups in total. The van der Waals surface area contributed by atoms with Crippen molar-refractivity contribution in [1.29, 1.82) is 0 Å². The fourth-order valence-electron chi connectivity index (χ4n) is 3.06. The highest BCUT2D eigenvalue weighted by Crippen LogP contribution is 2.42. The number of rotatable bonds is 4. The molecular weight excluding hydrogens is 242 g/mol. The molecule has 0 radical (unpaired) electrons. The third-order valence-electron chi connectivity index (χ3n) is 4.26. The molecule has 1 atom stereocenters. The van der Waals surface area contributed by atoms with Crippen molar-refractivity contribution in [1.82, 2.24) is 14.9 Å². The van der Waals surface area contributed by atoms with Crippen molar-refractivity contribution in [3.8, 4) is 5.88 Å². The van der Waals surface area contributed by atoms with Gasteiger partial charge in [-0.1, -0.05) is 19.3 Å². The average molecular weight is 265 g/mol. The molecule has 1 aromatic heterocycles. The first-order valence-electron chi connectivity index (χ1n) is 6.82. The van der Waals surface area contributed by atoms with Crippen LogP contribution in [0.2, 0.25) is 0 Å². The number of ether oxygens (including phenoxy) is 1. The fraction of sp³-hybridized carbons (Fsp3) is 0.714. The molecule has 1 unspecified atom stereocenters. The zero-order chi connectivity index (χ0) is 13.9. The van der Waals surface area contributed by atoms with E-state index >= 15 is 0 Å². The largest absolute Gasteiger partial charge is 0.480 e. The maximum atomic E-state index is 10.9. The van der Waals surface area contributed by atoms with Crippen LogP contribution in [0.4, 0.5) is 0 Å². The van der Waals surface area contributed by atoms with E-state index in [2.05, 4.69) is 14.9 Å². The predicted molar refractivity (Wildman–Crippen MR) is 73.0 cm³/mol. The molecular formula is C14H23N3O2. The van der Waals surface area contributed by atoms with E-state index in [1.807, 2.05) is 14.1 Å². The first-order valence-corrected chi connectivity index (χ1v) is 6.82. The van der Waals surface area contributed by atoms with Crippen molar-refractivity contribution in [3.05, 3.63) is 18.1 Å². The van der Waals surface area contributed by atoms with Crippen LogP contribution in [0.15, 0.2) is 12.4 Å². The Hall–Kier alpha value is -1.20. The number of methoxy groups -OCH3 is 1. The highest BCUT2D eigenvalue weighted by Gasteiger charge is 2.43. The van der Waals surface area contributed by atoms with E-state index in [4.69, 9.17) is 4.74 Å². The molecule has 5 heteroatoms. The monoisotopic (exact) mass is 265 g/mol. The van der Waals surface area contributed by atoms with Gasteiger partial charge in [0.05, 0.1) is 12.6 Å². The summed E-state index contributed by atoms with van der Waals surface area (Å²) in [6.45, 7) is 0. The normalized spacial score (nSPS) is 20.3. The van der Waals surface area contributed by atoms with Crippen molar-refractivity contribution in [2.24, 2.45) is 0 Å². The van der Waals surface area contributed by atoms with Crippen molar-refractivity contribution in [2.45, 2.75) is 43.7 Å². The molecule has 19 heavy (non-hydrogen) atoms. The lowest BCUT2D eigenvalue weighted by Gasteiger charge is -2.46. The molecule has 0 saturated heterocycles. The van der Waals surface area contributed by atoms with Gasteiger partial charge in [-0.2, -0.15) is 0 Å². The molecule has 0 amide bonds. The summed E-state index contributed by atoms with van der Waals surface area (Å²) in [4.78, 5) is 10.6. The van der Waals surface area contributed by atoms with E-state index in [-0.39, 0.29) is 5.54 Å². The second-order valence-corrected chi connectivity index (χ2v) is 5.41. The Kier molecular flexibility index (Phi) is 4.37. The van der Waals surface area contributed by atoms with Crippen LogP contribution >= 0.6 is 0 Å². The van der Waals surface area contributed by atoms with Gasteiger partial charge >= 0.3 is 0 Å². The third kappa shape index (κ3) is 2.58. The Morgan fingerprint density at radius 2 is 1.84 bits per heavy atom. The molecule has 106 valence electrons. The van der Waals surface area contributed by atoms with Crippen LogP contribution in [0.1, 0.15) is 43.9 Å². The lowest BCUT2D eigenvalue weighted by Crippen LogP contribution is -2.50. The second kappa shape index (κ2) is 5.84. The molecule has 1 heterocycles. The Labute approximate surface area is 114 Å². The van der Waals surface area contributed by atoms with Gasteiger partial charge in [-0.25, -0.2) is 4.98 Å². The zero-order valence-electron chi connectivity index (χ0n) is 12.0. The van der Waals surface area contributed by atoms with Crippen molar-refractivity contribution in [3.63, 3.8) is 0 Å². The highest BCUT2D eigenvalue weighted by atomic mass is 16.5. The van der Waals surface area contributed by atoms with Gasteiger partial charge < -0.3 is 14.7 Å². The topological polar surface area (TPSA) is 58.5 Å². The highest BCUT2D eigenvalue weighted by molar-refractivity contribution is 5.24. The van der Waals surface area contributed by atoms with E-state index in [1.54, 1.807) is 19.5 Å². The lowest BCUT2D eigenvalue weighted by molar-refractivity contribution is -0.0371. The van der Waals surface area contributed by atoms with E-state index < -0.39 is 6.10 Å². The SMILES string of the molecule is COc1nccnc1C(O)C1(N(C)C)CCCCC1. The molecule has 1 fully saturated rings. The number of aromatic nitrogens is 2. The minimum absolute atomic E-state index is 0.262. The molecule has 2 rings (SSSR count). The van der Waals surface area contributed by atoms with Gasteiger partial charge in [0.15, 0.2) is 0 Å². The molecule has 0 bridgehead atoms. The Morgan fingerprint density at radius 1 is 1.21 bits per heavy atom. The molecule has 1 aromatic rings. The van der Waals surface area contributed by atoms with E-state index in [0.717, 1.165) is 25.7 Å². The number of likely N-dealkylation sites (N-methyl/N-ethyl adjacent to an activating group) is 1. The summed E-state index contributed by atoms with van der Waals surface area (Å²) in [5.74, 6) is 0.418. The third-order valence-corrected chi connectivity index (χ3v) is 4.26. The maximum Gasteiger partial charge on any atom is 0.238 e. The van der Waals surface area contributed by atoms with Crippen molar-refractivity contribution >= 4 is 0 Å². The van der Waals surface area contributed by atoms with E-state index in [0.29, 0.717) is 11.6 Å². The van der Waals surface area contributed by atoms with Crippen LogP contribution < -0.4 is 4.74 Å². The molecule has 1 aliphatic carbocycles. The fourth-order valence-corrected chi connectivity index (χ4v) is 3.06. The molecule has 5 nitrogen and oxygen atoms in total. The second-order valence-electron chi connectivity index (χ2n) is 5.41. The minimum atomic E-state index is -0.675. The summed E-state index contributed by atoms with van der Waals surface area (Å²) in [6.07, 6.45) is 7.97. The van der Waals surface area contributed by atoms with Crippen LogP contribution in [0.25, 0.3) is 0 Å². The predicted octanol–water partition coefficient (Wildman–Crippen LogP) is 1.78. The van der Waals surface area contributed by atoms with Gasteiger partial charge in [0, 0.05) is 12.4 Å². The number of hydrogen-bond donors (Lipinski definition) is 1. The Bertz CT molecular complexity index is 417. The van der Waals surface area contributed by atoms with Crippen LogP contribution in [-0.4, -0.2) is 46.7 Å². The minimum Gasteiger partial charge on any atom is -0.480 e. The molecule has 1 aliphatic rings. The number of hydrogen-bond acceptors (Lipinski definition) is 5. The summed E-state index contributed by atoms with van der Waals surface area (Å²) in [5, 5.41) is 10.9. The van der Waals surface area contributed by atoms with Gasteiger partial charge in [0.2, 0.25) is 5.88 Å². The van der Waals surface area contributed by atoms with Gasteiger partial charge in [-0.3, -0.25) is 4.98 Å². The van der Waals surface area contributed by atoms with E-state index in [1.165, 1.54) is 6.42 Å². The van der Waals surface area contributed by atoms with Crippen LogP contribution in [0.3, 0.4) is 0 Å². The number of aliphatic hydroxyl groups excluding tert-OH is 1. The zero-order valence-corrected chi connectivity index (χ0v) is 12.0. The molecule has 0 aliphatic heterocycles. The lowest BCUT2D eigenvalue weighted by atomic mass is 9.75. The standard InChI is InChI=1S/C14H23N3O2/c1-17(2)14(7-5-4-6-8-14)12(18)11-13(19-3)16-10-9-15-11/h9-10,12,18H,4-8H2,1-3H3. The summed E-state index contributed by atoms with van der Waals surface area (Å²) in [6, 6.07) is 0. The van der Waals surface area contributed by atoms with Gasteiger partial charge in [0.1, 0.15) is 11.8 Å². The summed E-state index contributed by atoms with van der Waals surface area (Å²) >= 11 is 0. The Morgan fingerprint density at radius 3 is 2.42 bits per heavy atom. The molecule has 0 aromatic carbocycles. The number of aliphatic hydroxyl groups is 1. The quantitative estimate of drug-likeness (QED) is 0.899. The Balaban J connectivity index is 2.36. The summed E-state index contributed by atoms with van der Waals surface area (Å²) in [7, 11) is 5.61. The van der Waals surface area contributed by atoms with Crippen molar-refractivity contribution in [2.75, 3.05) is 21.2 Å². The smallest absolute Gasteiger partial charge is 0.238 e. The molecule has 0 spiro atoms. The van der Waals surface area contributed by atoms with Gasteiger partial charge in [0.25, 0.3) is 0 Å². The first kappa shape index (κ1) is 14.2. The van der Waals surface area contributed by atoms with Crippen LogP contribution in [0, 0.1) is 0 Å². The molecule has 1 saturated carbocycles. The number of nitrogens with zero attached hydrogens (tertiary/aromatic N) is 3. The van der Waals surface area contributed by atoms with Crippen LogP contribution in [-0.2, 0) is 0 Å². The van der Waals surface area contributed by atoms with Crippen molar-refractivity contribution < 1.29 is 9.84 Å². The summed E-state index contributed by atoms with van der Waals surface area (Å²) in [5.41, 5.74) is 0.280. The first-order chi connectivity index (χ1) is 9.12. The summed E-state index contributed by atoms with van der Waals surface area (Å²) < 4.78 is 5.23. The van der Waals surface area contributed by atoms with E-state index in [9.17, 15) is 5.11 Å². The average Bonchev–Trinajstić information content (AvgIpc) is 2.47.